The van der Waals surface area contributed by atoms with Crippen LogP contribution >= 0.6 is 0 Å². The van der Waals surface area contributed by atoms with E-state index in [2.05, 4.69) is 6.58 Å². The van der Waals surface area contributed by atoms with Gasteiger partial charge in [0.1, 0.15) is 0 Å². The van der Waals surface area contributed by atoms with Gasteiger partial charge < -0.3 is 9.84 Å². The van der Waals surface area contributed by atoms with Crippen molar-refractivity contribution in [3.05, 3.63) is 23.8 Å². The molecule has 0 saturated heterocycles. The van der Waals surface area contributed by atoms with Crippen molar-refractivity contribution in [3.63, 3.8) is 0 Å². The average Bonchev–Trinajstić information content (AvgIpc) is 2.28. The monoisotopic (exact) mass is 210 g/mol. The highest BCUT2D eigenvalue weighted by Gasteiger charge is 2.44. The fourth-order valence-corrected chi connectivity index (χ4v) is 1.66. The van der Waals surface area contributed by atoms with Gasteiger partial charge in [-0.1, -0.05) is 6.08 Å². The van der Waals surface area contributed by atoms with Crippen LogP contribution in [0, 0.1) is 0 Å². The number of carbonyl (C=O) groups excluding carboxylic acids is 2. The highest BCUT2D eigenvalue weighted by molar-refractivity contribution is 6.00. The first-order valence-electron chi connectivity index (χ1n) is 4.67. The van der Waals surface area contributed by atoms with Crippen molar-refractivity contribution in [1.82, 2.24) is 0 Å². The first-order valence-corrected chi connectivity index (χ1v) is 4.67. The van der Waals surface area contributed by atoms with Gasteiger partial charge in [0.25, 0.3) is 0 Å². The third kappa shape index (κ3) is 2.15. The topological polar surface area (TPSA) is 63.6 Å². The molecule has 0 amide bonds. The zero-order valence-corrected chi connectivity index (χ0v) is 8.87. The van der Waals surface area contributed by atoms with Gasteiger partial charge in [-0.3, -0.25) is 9.59 Å². The number of hydrogen-bond acceptors (Lipinski definition) is 4. The zero-order valence-electron chi connectivity index (χ0n) is 8.87. The van der Waals surface area contributed by atoms with Crippen molar-refractivity contribution in [2.75, 3.05) is 0 Å². The van der Waals surface area contributed by atoms with Crippen molar-refractivity contribution >= 4 is 11.8 Å². The summed E-state index contributed by atoms with van der Waals surface area (Å²) in [5, 5.41) is 9.94. The molecule has 0 aromatic rings. The van der Waals surface area contributed by atoms with Crippen LogP contribution in [0.4, 0.5) is 0 Å². The molecule has 82 valence electrons. The van der Waals surface area contributed by atoms with Gasteiger partial charge in [0.15, 0.2) is 5.78 Å². The number of aliphatic hydroxyl groups is 1. The van der Waals surface area contributed by atoms with Crippen molar-refractivity contribution in [1.29, 1.82) is 0 Å². The Morgan fingerprint density at radius 1 is 1.73 bits per heavy atom. The molecular weight excluding hydrogens is 196 g/mol. The molecule has 0 bridgehead atoms. The van der Waals surface area contributed by atoms with Crippen LogP contribution in [0.25, 0.3) is 0 Å². The third-order valence-electron chi connectivity index (χ3n) is 2.44. The second-order valence-corrected chi connectivity index (χ2v) is 3.57. The minimum atomic E-state index is -1.75. The van der Waals surface area contributed by atoms with Gasteiger partial charge in [0.05, 0.1) is 6.42 Å². The lowest BCUT2D eigenvalue weighted by Crippen LogP contribution is -2.33. The Kier molecular flexibility index (Phi) is 3.09. The molecule has 0 aromatic heterocycles. The molecule has 4 heteroatoms. The van der Waals surface area contributed by atoms with E-state index in [-0.39, 0.29) is 12.2 Å². The molecule has 0 aliphatic heterocycles. The first kappa shape index (κ1) is 11.7. The Morgan fingerprint density at radius 3 is 2.80 bits per heavy atom. The number of allylic oxidation sites excluding steroid dienone is 2. The Bertz CT molecular complexity index is 354. The van der Waals surface area contributed by atoms with Gasteiger partial charge in [-0.15, -0.1) is 6.58 Å². The number of ether oxygens (including phenoxy) is 1. The van der Waals surface area contributed by atoms with Gasteiger partial charge in [-0.2, -0.15) is 0 Å². The highest BCUT2D eigenvalue weighted by Crippen LogP contribution is 2.35. The Morgan fingerprint density at radius 2 is 2.33 bits per heavy atom. The largest absolute Gasteiger partial charge is 0.429 e. The van der Waals surface area contributed by atoms with Gasteiger partial charge >= 0.3 is 5.97 Å². The lowest BCUT2D eigenvalue weighted by atomic mass is 10.1. The van der Waals surface area contributed by atoms with Crippen LogP contribution in [0.1, 0.15) is 26.7 Å². The van der Waals surface area contributed by atoms with Gasteiger partial charge in [0.2, 0.25) is 5.79 Å². The van der Waals surface area contributed by atoms with Crippen molar-refractivity contribution in [2.24, 2.45) is 0 Å². The lowest BCUT2D eigenvalue weighted by Gasteiger charge is -2.22. The van der Waals surface area contributed by atoms with Crippen LogP contribution in [0.15, 0.2) is 23.8 Å². The molecule has 1 aliphatic rings. The molecule has 0 fully saturated rings. The molecule has 1 unspecified atom stereocenters. The molecule has 0 heterocycles. The maximum Gasteiger partial charge on any atom is 0.305 e. The number of ketones is 1. The summed E-state index contributed by atoms with van der Waals surface area (Å²) in [4.78, 5) is 22.3. The Labute approximate surface area is 88.2 Å². The summed E-state index contributed by atoms with van der Waals surface area (Å²) in [7, 11) is 0. The minimum Gasteiger partial charge on any atom is -0.429 e. The number of esters is 1. The van der Waals surface area contributed by atoms with Crippen molar-refractivity contribution < 1.29 is 19.4 Å². The van der Waals surface area contributed by atoms with Crippen LogP contribution in [-0.4, -0.2) is 22.6 Å². The maximum atomic E-state index is 11.5. The average molecular weight is 210 g/mol. The van der Waals surface area contributed by atoms with E-state index in [4.69, 9.17) is 4.74 Å². The number of rotatable bonds is 3. The molecule has 1 aliphatic carbocycles. The van der Waals surface area contributed by atoms with Crippen LogP contribution in [0.2, 0.25) is 0 Å². The fraction of sp³-hybridized carbons (Fsp3) is 0.455. The van der Waals surface area contributed by atoms with E-state index in [1.807, 2.05) is 0 Å². The summed E-state index contributed by atoms with van der Waals surface area (Å²) in [5.41, 5.74) is 0.886. The second-order valence-electron chi connectivity index (χ2n) is 3.57. The molecule has 0 spiro atoms. The van der Waals surface area contributed by atoms with E-state index < -0.39 is 11.8 Å². The standard InChI is InChI=1S/C11H14O4/c1-4-5-9-7(2)11(14,6-10(9)13)15-8(3)12/h4,14H,1,5-6H2,2-3H3. The second kappa shape index (κ2) is 3.98. The van der Waals surface area contributed by atoms with Gasteiger partial charge in [0, 0.05) is 18.1 Å². The molecule has 0 saturated carbocycles. The van der Waals surface area contributed by atoms with Crippen molar-refractivity contribution in [3.8, 4) is 0 Å². The smallest absolute Gasteiger partial charge is 0.305 e. The highest BCUT2D eigenvalue weighted by atomic mass is 16.7. The van der Waals surface area contributed by atoms with Crippen LogP contribution in [0.5, 0.6) is 0 Å². The van der Waals surface area contributed by atoms with E-state index in [1.165, 1.54) is 6.92 Å². The van der Waals surface area contributed by atoms with E-state index in [0.717, 1.165) is 0 Å². The molecule has 1 N–H and O–H groups in total. The number of hydrogen-bond donors (Lipinski definition) is 1. The SMILES string of the molecule is C=CCC1=C(C)C(O)(OC(C)=O)CC1=O. The Hall–Kier alpha value is -1.42. The first-order chi connectivity index (χ1) is 6.90. The van der Waals surface area contributed by atoms with E-state index >= 15 is 0 Å². The van der Waals surface area contributed by atoms with Crippen LogP contribution in [-0.2, 0) is 14.3 Å². The molecule has 4 nitrogen and oxygen atoms in total. The summed E-state index contributed by atoms with van der Waals surface area (Å²) in [6.07, 6.45) is 1.77. The predicted octanol–water partition coefficient (Wildman–Crippen LogP) is 1.10. The molecular formula is C11H14O4. The predicted molar refractivity (Wildman–Crippen MR) is 53.9 cm³/mol. The number of Topliss-reactive ketones (excluding diaryl/α,β-unsaturated/α-hetero) is 1. The summed E-state index contributed by atoms with van der Waals surface area (Å²) in [5.74, 6) is -2.55. The van der Waals surface area contributed by atoms with Crippen molar-refractivity contribution in [2.45, 2.75) is 32.5 Å². The molecule has 0 aromatic carbocycles. The van der Waals surface area contributed by atoms with Gasteiger partial charge in [-0.05, 0) is 13.3 Å². The number of carbonyl (C=O) groups is 2. The third-order valence-corrected chi connectivity index (χ3v) is 2.44. The lowest BCUT2D eigenvalue weighted by molar-refractivity contribution is -0.190. The molecule has 1 atom stereocenters. The summed E-state index contributed by atoms with van der Waals surface area (Å²) >= 11 is 0. The minimum absolute atomic E-state index is 0.193. The maximum absolute atomic E-state index is 11.5. The normalized spacial score (nSPS) is 25.7. The molecule has 15 heavy (non-hydrogen) atoms. The molecule has 1 rings (SSSR count). The summed E-state index contributed by atoms with van der Waals surface area (Å²) < 4.78 is 4.76. The van der Waals surface area contributed by atoms with E-state index in [1.54, 1.807) is 13.0 Å². The Balaban J connectivity index is 3.01. The van der Waals surface area contributed by atoms with E-state index in [9.17, 15) is 14.7 Å². The van der Waals surface area contributed by atoms with Crippen LogP contribution in [0.3, 0.4) is 0 Å². The molecule has 0 radical (unpaired) electrons. The van der Waals surface area contributed by atoms with Crippen LogP contribution < -0.4 is 0 Å². The summed E-state index contributed by atoms with van der Waals surface area (Å²) in [6, 6.07) is 0. The summed E-state index contributed by atoms with van der Waals surface area (Å²) in [6.45, 7) is 6.31. The zero-order chi connectivity index (χ0) is 11.6. The fourth-order valence-electron chi connectivity index (χ4n) is 1.66. The van der Waals surface area contributed by atoms with Gasteiger partial charge in [-0.25, -0.2) is 0 Å². The quantitative estimate of drug-likeness (QED) is 0.430. The van der Waals surface area contributed by atoms with E-state index in [0.29, 0.717) is 17.6 Å².